The van der Waals surface area contributed by atoms with Crippen LogP contribution in [0.25, 0.3) is 20.9 Å². The van der Waals surface area contributed by atoms with Gasteiger partial charge in [0.05, 0.1) is 5.69 Å². The first-order valence-corrected chi connectivity index (χ1v) is 12.0. The summed E-state index contributed by atoms with van der Waals surface area (Å²) in [6.45, 7) is 0.492. The Bertz CT molecular complexity index is 1520. The predicted molar refractivity (Wildman–Crippen MR) is 121 cm³/mol. The lowest BCUT2D eigenvalue weighted by atomic mass is 10.1. The SMILES string of the molecule is O=C1NCc2cc(-c3ccc(-c4cncc(S(=O)(=O)Nc5ccc(F)cc5F)c4)s3)ccc21. The van der Waals surface area contributed by atoms with Crippen LogP contribution in [-0.4, -0.2) is 19.3 Å². The smallest absolute Gasteiger partial charge is 0.263 e. The van der Waals surface area contributed by atoms with Crippen LogP contribution in [0.4, 0.5) is 14.5 Å². The first-order chi connectivity index (χ1) is 15.8. The normalized spacial score (nSPS) is 13.0. The van der Waals surface area contributed by atoms with Gasteiger partial charge in [0, 0.05) is 45.9 Å². The Morgan fingerprint density at radius 1 is 0.939 bits per heavy atom. The minimum Gasteiger partial charge on any atom is -0.348 e. The number of thiophene rings is 1. The van der Waals surface area contributed by atoms with Crippen molar-refractivity contribution in [1.29, 1.82) is 0 Å². The maximum Gasteiger partial charge on any atom is 0.263 e. The van der Waals surface area contributed by atoms with Gasteiger partial charge in [-0.1, -0.05) is 6.07 Å². The van der Waals surface area contributed by atoms with Gasteiger partial charge in [0.2, 0.25) is 0 Å². The summed E-state index contributed by atoms with van der Waals surface area (Å²) in [7, 11) is -4.15. The molecule has 0 unspecified atom stereocenters. The molecule has 5 rings (SSSR count). The van der Waals surface area contributed by atoms with Crippen LogP contribution in [-0.2, 0) is 16.6 Å². The Kier molecular flexibility index (Phi) is 5.18. The molecule has 2 N–H and O–H groups in total. The van der Waals surface area contributed by atoms with Crippen molar-refractivity contribution >= 4 is 33.0 Å². The van der Waals surface area contributed by atoms with Gasteiger partial charge in [-0.2, -0.15) is 0 Å². The third-order valence-electron chi connectivity index (χ3n) is 5.16. The van der Waals surface area contributed by atoms with E-state index in [2.05, 4.69) is 15.0 Å². The van der Waals surface area contributed by atoms with Crippen LogP contribution in [0.2, 0.25) is 0 Å². The number of carbonyl (C=O) groups excluding carboxylic acids is 1. The molecule has 1 amide bonds. The molecule has 4 aromatic rings. The van der Waals surface area contributed by atoms with Crippen LogP contribution in [0.5, 0.6) is 0 Å². The highest BCUT2D eigenvalue weighted by Crippen LogP contribution is 2.36. The summed E-state index contributed by atoms with van der Waals surface area (Å²) in [4.78, 5) is 17.4. The summed E-state index contributed by atoms with van der Waals surface area (Å²) >= 11 is 1.45. The molecule has 0 atom stereocenters. The van der Waals surface area contributed by atoms with Crippen molar-refractivity contribution in [2.75, 3.05) is 4.72 Å². The highest BCUT2D eigenvalue weighted by molar-refractivity contribution is 7.92. The molecule has 6 nitrogen and oxygen atoms in total. The molecule has 0 fully saturated rings. The maximum atomic E-state index is 13.9. The van der Waals surface area contributed by atoms with E-state index in [1.807, 2.05) is 24.3 Å². The zero-order valence-corrected chi connectivity index (χ0v) is 18.4. The van der Waals surface area contributed by atoms with Gasteiger partial charge in [-0.25, -0.2) is 17.2 Å². The van der Waals surface area contributed by atoms with E-state index < -0.39 is 21.7 Å². The van der Waals surface area contributed by atoms with Gasteiger partial charge in [0.15, 0.2) is 0 Å². The zero-order chi connectivity index (χ0) is 23.2. The summed E-state index contributed by atoms with van der Waals surface area (Å²) < 4.78 is 54.6. The number of fused-ring (bicyclic) bond motifs is 1. The third-order valence-corrected chi connectivity index (χ3v) is 7.68. The van der Waals surface area contributed by atoms with Gasteiger partial charge >= 0.3 is 0 Å². The lowest BCUT2D eigenvalue weighted by molar-refractivity contribution is 0.0965. The molecule has 166 valence electrons. The fourth-order valence-electron chi connectivity index (χ4n) is 3.51. The van der Waals surface area contributed by atoms with Crippen LogP contribution in [0.1, 0.15) is 15.9 Å². The molecule has 3 heterocycles. The molecule has 0 saturated carbocycles. The monoisotopic (exact) mass is 483 g/mol. The first-order valence-electron chi connectivity index (χ1n) is 9.75. The van der Waals surface area contributed by atoms with Gasteiger partial charge in [-0.15, -0.1) is 11.3 Å². The van der Waals surface area contributed by atoms with Gasteiger partial charge in [-0.05, 0) is 53.6 Å². The number of halogens is 2. The molecule has 1 aliphatic heterocycles. The standard InChI is InChI=1S/C23H15F2N3O3S2/c24-16-2-4-20(19(25)9-16)28-33(30,31)17-8-15(10-26-12-17)22-6-5-21(32-22)13-1-3-18-14(7-13)11-27-23(18)29/h1-10,12,28H,11H2,(H,27,29). The molecule has 2 aromatic heterocycles. The van der Waals surface area contributed by atoms with Crippen molar-refractivity contribution in [3.63, 3.8) is 0 Å². The molecule has 0 radical (unpaired) electrons. The van der Waals surface area contributed by atoms with E-state index in [4.69, 9.17) is 0 Å². The summed E-state index contributed by atoms with van der Waals surface area (Å²) in [5, 5.41) is 2.79. The number of sulfonamides is 1. The summed E-state index contributed by atoms with van der Waals surface area (Å²) in [6.07, 6.45) is 2.70. The highest BCUT2D eigenvalue weighted by atomic mass is 32.2. The van der Waals surface area contributed by atoms with Crippen LogP contribution in [0.3, 0.4) is 0 Å². The Labute approximate surface area is 192 Å². The number of rotatable bonds is 5. The molecular weight excluding hydrogens is 468 g/mol. The molecule has 0 spiro atoms. The van der Waals surface area contributed by atoms with Crippen molar-refractivity contribution in [1.82, 2.24) is 10.3 Å². The quantitative estimate of drug-likeness (QED) is 0.427. The number of carbonyl (C=O) groups is 1. The summed E-state index contributed by atoms with van der Waals surface area (Å²) in [5.74, 6) is -1.91. The van der Waals surface area contributed by atoms with Crippen molar-refractivity contribution in [3.05, 3.63) is 89.8 Å². The average molecular weight is 484 g/mol. The second-order valence-electron chi connectivity index (χ2n) is 7.36. The largest absolute Gasteiger partial charge is 0.348 e. The van der Waals surface area contributed by atoms with Crippen LogP contribution < -0.4 is 10.0 Å². The van der Waals surface area contributed by atoms with Crippen molar-refractivity contribution in [3.8, 4) is 20.9 Å². The third kappa shape index (κ3) is 4.10. The highest BCUT2D eigenvalue weighted by Gasteiger charge is 2.20. The van der Waals surface area contributed by atoms with E-state index in [1.165, 1.54) is 17.4 Å². The number of pyridine rings is 1. The fourth-order valence-corrected chi connectivity index (χ4v) is 5.55. The fraction of sp³-hybridized carbons (Fsp3) is 0.0435. The molecular formula is C23H15F2N3O3S2. The first kappa shape index (κ1) is 21.2. The Morgan fingerprint density at radius 3 is 2.52 bits per heavy atom. The molecule has 0 saturated heterocycles. The Morgan fingerprint density at radius 2 is 1.73 bits per heavy atom. The minimum absolute atomic E-state index is 0.0818. The van der Waals surface area contributed by atoms with Crippen molar-refractivity contribution < 1.29 is 22.0 Å². The van der Waals surface area contributed by atoms with E-state index in [9.17, 15) is 22.0 Å². The zero-order valence-electron chi connectivity index (χ0n) is 16.8. The van der Waals surface area contributed by atoms with E-state index in [0.717, 1.165) is 39.2 Å². The van der Waals surface area contributed by atoms with Crippen LogP contribution in [0.15, 0.2) is 71.9 Å². The molecule has 1 aliphatic rings. The lowest BCUT2D eigenvalue weighted by Gasteiger charge is -2.09. The topological polar surface area (TPSA) is 88.2 Å². The minimum atomic E-state index is -4.15. The number of nitrogens with zero attached hydrogens (tertiary/aromatic N) is 1. The van der Waals surface area contributed by atoms with Crippen molar-refractivity contribution in [2.24, 2.45) is 0 Å². The number of anilines is 1. The second-order valence-corrected chi connectivity index (χ2v) is 10.1. The number of benzene rings is 2. The van der Waals surface area contributed by atoms with E-state index in [0.29, 0.717) is 23.7 Å². The lowest BCUT2D eigenvalue weighted by Crippen LogP contribution is -2.14. The van der Waals surface area contributed by atoms with E-state index in [-0.39, 0.29) is 16.5 Å². The van der Waals surface area contributed by atoms with Gasteiger partial charge in [0.25, 0.3) is 15.9 Å². The Hall–Kier alpha value is -3.63. The molecule has 0 bridgehead atoms. The van der Waals surface area contributed by atoms with Crippen LogP contribution in [0, 0.1) is 11.6 Å². The van der Waals surface area contributed by atoms with E-state index in [1.54, 1.807) is 12.3 Å². The van der Waals surface area contributed by atoms with Gasteiger partial charge in [0.1, 0.15) is 16.5 Å². The summed E-state index contributed by atoms with van der Waals surface area (Å²) in [5.41, 5.74) is 2.77. The van der Waals surface area contributed by atoms with E-state index >= 15 is 0 Å². The molecule has 33 heavy (non-hydrogen) atoms. The predicted octanol–water partition coefficient (Wildman–Crippen LogP) is 4.80. The maximum absolute atomic E-state index is 13.9. The number of hydrogen-bond donors (Lipinski definition) is 2. The molecule has 10 heteroatoms. The summed E-state index contributed by atoms with van der Waals surface area (Å²) in [6, 6.07) is 13.4. The molecule has 0 aliphatic carbocycles. The number of hydrogen-bond acceptors (Lipinski definition) is 5. The number of nitrogens with one attached hydrogen (secondary N) is 2. The second kappa shape index (κ2) is 8.05. The van der Waals surface area contributed by atoms with Gasteiger partial charge in [-0.3, -0.25) is 14.5 Å². The Balaban J connectivity index is 1.43. The number of amides is 1. The van der Waals surface area contributed by atoms with Crippen molar-refractivity contribution in [2.45, 2.75) is 11.4 Å². The average Bonchev–Trinajstić information content (AvgIpc) is 3.43. The van der Waals surface area contributed by atoms with Crippen LogP contribution >= 0.6 is 11.3 Å². The number of aromatic nitrogens is 1. The molecule has 2 aromatic carbocycles. The van der Waals surface area contributed by atoms with Gasteiger partial charge < -0.3 is 5.32 Å².